The first-order chi connectivity index (χ1) is 11.4. The maximum atomic E-state index is 12.4. The highest BCUT2D eigenvalue weighted by molar-refractivity contribution is 5.90. The molecular weight excluding hydrogens is 325 g/mol. The Labute approximate surface area is 136 Å². The molecular formula is C15H17F3N4O2. The Morgan fingerprint density at radius 1 is 1.33 bits per heavy atom. The van der Waals surface area contributed by atoms with E-state index < -0.39 is 18.1 Å². The zero-order valence-electron chi connectivity index (χ0n) is 13.0. The van der Waals surface area contributed by atoms with Crippen LogP contribution in [-0.4, -0.2) is 40.2 Å². The van der Waals surface area contributed by atoms with Crippen LogP contribution in [0, 0.1) is 0 Å². The Morgan fingerprint density at radius 3 is 2.71 bits per heavy atom. The van der Waals surface area contributed by atoms with E-state index in [1.165, 1.54) is 23.1 Å². The van der Waals surface area contributed by atoms with Crippen molar-refractivity contribution in [2.45, 2.75) is 19.8 Å². The summed E-state index contributed by atoms with van der Waals surface area (Å²) in [5.41, 5.74) is -0.0441. The number of ether oxygens (including phenoxy) is 1. The molecule has 9 heteroatoms. The molecule has 0 spiro atoms. The number of amides is 2. The molecule has 1 heterocycles. The molecule has 0 radical (unpaired) electrons. The molecule has 2 amide bonds. The first kappa shape index (κ1) is 17.6. The summed E-state index contributed by atoms with van der Waals surface area (Å²) in [6, 6.07) is 6.65. The van der Waals surface area contributed by atoms with Crippen molar-refractivity contribution in [3.8, 4) is 5.75 Å². The average molecular weight is 342 g/mol. The molecule has 130 valence electrons. The molecule has 0 atom stereocenters. The van der Waals surface area contributed by atoms with Crippen LogP contribution in [0.25, 0.3) is 0 Å². The summed E-state index contributed by atoms with van der Waals surface area (Å²) in [4.78, 5) is 13.7. The third-order valence-electron chi connectivity index (χ3n) is 3.18. The summed E-state index contributed by atoms with van der Waals surface area (Å²) in [5.74, 6) is -0.457. The van der Waals surface area contributed by atoms with Crippen LogP contribution in [0.3, 0.4) is 0 Å². The number of likely N-dealkylation sites (N-methyl/N-ethyl adjacent to an activating group) is 1. The fourth-order valence-electron chi connectivity index (χ4n) is 2.04. The van der Waals surface area contributed by atoms with Crippen molar-refractivity contribution < 1.29 is 22.7 Å². The molecule has 6 nitrogen and oxygen atoms in total. The number of alkyl halides is 3. The first-order valence-corrected chi connectivity index (χ1v) is 7.27. The molecule has 2 rings (SSSR count). The number of hydrogen-bond acceptors (Lipinski definition) is 3. The van der Waals surface area contributed by atoms with Crippen molar-refractivity contribution in [2.75, 3.05) is 18.4 Å². The number of halogens is 3. The highest BCUT2D eigenvalue weighted by Gasteiger charge is 2.32. The largest absolute Gasteiger partial charge is 0.573 e. The van der Waals surface area contributed by atoms with E-state index in [1.54, 1.807) is 30.1 Å². The maximum absolute atomic E-state index is 12.4. The van der Waals surface area contributed by atoms with E-state index in [0.29, 0.717) is 19.6 Å². The number of anilines is 1. The fraction of sp³-hybridized carbons (Fsp3) is 0.333. The van der Waals surface area contributed by atoms with Gasteiger partial charge in [0.25, 0.3) is 0 Å². The maximum Gasteiger partial charge on any atom is 0.573 e. The van der Waals surface area contributed by atoms with Gasteiger partial charge in [0.05, 0.1) is 12.2 Å². The molecule has 1 aromatic carbocycles. The lowest BCUT2D eigenvalue weighted by atomic mass is 10.3. The Kier molecular flexibility index (Phi) is 5.67. The fourth-order valence-corrected chi connectivity index (χ4v) is 2.04. The normalized spacial score (nSPS) is 11.2. The topological polar surface area (TPSA) is 59.4 Å². The van der Waals surface area contributed by atoms with Gasteiger partial charge in [-0.2, -0.15) is 5.10 Å². The lowest BCUT2D eigenvalue weighted by Gasteiger charge is -2.22. The van der Waals surface area contributed by atoms with Gasteiger partial charge in [0, 0.05) is 25.5 Å². The molecule has 0 aliphatic heterocycles. The summed E-state index contributed by atoms with van der Waals surface area (Å²) < 4.78 is 42.8. The number of rotatable bonds is 6. The third-order valence-corrected chi connectivity index (χ3v) is 3.18. The highest BCUT2D eigenvalue weighted by Crippen LogP contribution is 2.30. The van der Waals surface area contributed by atoms with Gasteiger partial charge in [-0.25, -0.2) is 4.79 Å². The third kappa shape index (κ3) is 5.18. The molecule has 0 bridgehead atoms. The first-order valence-electron chi connectivity index (χ1n) is 7.27. The number of aromatic nitrogens is 2. The lowest BCUT2D eigenvalue weighted by molar-refractivity contribution is -0.274. The molecule has 0 fully saturated rings. The zero-order chi connectivity index (χ0) is 17.6. The van der Waals surface area contributed by atoms with Crippen molar-refractivity contribution in [2.24, 2.45) is 0 Å². The van der Waals surface area contributed by atoms with Gasteiger partial charge < -0.3 is 15.0 Å². The van der Waals surface area contributed by atoms with Gasteiger partial charge in [0.15, 0.2) is 5.75 Å². The van der Waals surface area contributed by atoms with Crippen LogP contribution < -0.4 is 10.1 Å². The molecule has 0 saturated carbocycles. The van der Waals surface area contributed by atoms with E-state index in [0.717, 1.165) is 6.07 Å². The second-order valence-electron chi connectivity index (χ2n) is 4.82. The summed E-state index contributed by atoms with van der Waals surface area (Å²) in [6.07, 6.45) is -1.44. The van der Waals surface area contributed by atoms with Crippen LogP contribution >= 0.6 is 0 Å². The minimum atomic E-state index is -4.83. The smallest absolute Gasteiger partial charge is 0.404 e. The van der Waals surface area contributed by atoms with Crippen LogP contribution in [0.1, 0.15) is 6.92 Å². The monoisotopic (exact) mass is 342 g/mol. The summed E-state index contributed by atoms with van der Waals surface area (Å²) in [6.45, 7) is 3.03. The highest BCUT2D eigenvalue weighted by atomic mass is 19.4. The van der Waals surface area contributed by atoms with E-state index in [2.05, 4.69) is 15.2 Å². The van der Waals surface area contributed by atoms with Gasteiger partial charge in [-0.1, -0.05) is 12.1 Å². The Bertz CT molecular complexity index is 659. The quantitative estimate of drug-likeness (QED) is 0.876. The Morgan fingerprint density at radius 2 is 2.08 bits per heavy atom. The number of para-hydroxylation sites is 2. The van der Waals surface area contributed by atoms with Crippen molar-refractivity contribution in [1.29, 1.82) is 0 Å². The van der Waals surface area contributed by atoms with Crippen LogP contribution in [-0.2, 0) is 6.54 Å². The summed E-state index contributed by atoms with van der Waals surface area (Å²) in [7, 11) is 0. The van der Waals surface area contributed by atoms with E-state index >= 15 is 0 Å². The standard InChI is InChI=1S/C15H17F3N4O2/c1-2-21(10-11-22-9-5-8-19-22)14(23)20-12-6-3-4-7-13(12)24-15(16,17)18/h3-9H,2,10-11H2,1H3,(H,20,23). The second kappa shape index (κ2) is 7.71. The number of hydrogen-bond donors (Lipinski definition) is 1. The minimum Gasteiger partial charge on any atom is -0.404 e. The number of nitrogens with zero attached hydrogens (tertiary/aromatic N) is 3. The van der Waals surface area contributed by atoms with Crippen LogP contribution in [0.15, 0.2) is 42.7 Å². The number of benzene rings is 1. The van der Waals surface area contributed by atoms with Crippen LogP contribution in [0.4, 0.5) is 23.7 Å². The van der Waals surface area contributed by atoms with Crippen LogP contribution in [0.2, 0.25) is 0 Å². The molecule has 0 aliphatic rings. The molecule has 24 heavy (non-hydrogen) atoms. The van der Waals surface area contributed by atoms with E-state index in [9.17, 15) is 18.0 Å². The van der Waals surface area contributed by atoms with Gasteiger partial charge in [-0.15, -0.1) is 13.2 Å². The molecule has 1 N–H and O–H groups in total. The predicted octanol–water partition coefficient (Wildman–Crippen LogP) is 3.34. The van der Waals surface area contributed by atoms with Gasteiger partial charge in [-0.3, -0.25) is 4.68 Å². The molecule has 2 aromatic rings. The number of nitrogens with one attached hydrogen (secondary N) is 1. The lowest BCUT2D eigenvalue weighted by Crippen LogP contribution is -2.37. The second-order valence-corrected chi connectivity index (χ2v) is 4.82. The minimum absolute atomic E-state index is 0.0441. The molecule has 1 aromatic heterocycles. The van der Waals surface area contributed by atoms with Crippen molar-refractivity contribution >= 4 is 11.7 Å². The number of carbonyl (C=O) groups is 1. The zero-order valence-corrected chi connectivity index (χ0v) is 13.0. The van der Waals surface area contributed by atoms with E-state index in [-0.39, 0.29) is 5.69 Å². The van der Waals surface area contributed by atoms with Crippen LogP contribution in [0.5, 0.6) is 5.75 Å². The Balaban J connectivity index is 2.02. The van der Waals surface area contributed by atoms with E-state index in [1.807, 2.05) is 0 Å². The number of urea groups is 1. The van der Waals surface area contributed by atoms with Crippen molar-refractivity contribution in [3.63, 3.8) is 0 Å². The van der Waals surface area contributed by atoms with Gasteiger partial charge >= 0.3 is 12.4 Å². The predicted molar refractivity (Wildman–Crippen MR) is 81.6 cm³/mol. The molecule has 0 aliphatic carbocycles. The summed E-state index contributed by atoms with van der Waals surface area (Å²) >= 11 is 0. The average Bonchev–Trinajstić information content (AvgIpc) is 3.02. The SMILES string of the molecule is CCN(CCn1cccn1)C(=O)Nc1ccccc1OC(F)(F)F. The molecule has 0 unspecified atom stereocenters. The van der Waals surface area contributed by atoms with Gasteiger partial charge in [0.2, 0.25) is 0 Å². The van der Waals surface area contributed by atoms with Gasteiger partial charge in [0.1, 0.15) is 0 Å². The Hall–Kier alpha value is -2.71. The van der Waals surface area contributed by atoms with Crippen molar-refractivity contribution in [3.05, 3.63) is 42.7 Å². The summed E-state index contributed by atoms with van der Waals surface area (Å²) in [5, 5.41) is 6.48. The van der Waals surface area contributed by atoms with E-state index in [4.69, 9.17) is 0 Å². The van der Waals surface area contributed by atoms with Gasteiger partial charge in [-0.05, 0) is 25.1 Å². The number of carbonyl (C=O) groups excluding carboxylic acids is 1. The molecule has 0 saturated heterocycles. The van der Waals surface area contributed by atoms with Crippen molar-refractivity contribution in [1.82, 2.24) is 14.7 Å².